The minimum absolute atomic E-state index is 0.571. The smallest absolute Gasteiger partial charge is 0.106 e. The number of hydrogen-bond donors (Lipinski definition) is 1. The Bertz CT molecular complexity index is 600. The maximum atomic E-state index is 5.85. The highest BCUT2D eigenvalue weighted by Crippen LogP contribution is 2.44. The van der Waals surface area contributed by atoms with Crippen LogP contribution in [-0.4, -0.2) is 18.0 Å². The van der Waals surface area contributed by atoms with E-state index >= 15 is 0 Å². The minimum atomic E-state index is 0.571. The third kappa shape index (κ3) is 3.70. The van der Waals surface area contributed by atoms with Gasteiger partial charge >= 0.3 is 0 Å². The van der Waals surface area contributed by atoms with E-state index in [0.717, 1.165) is 50.3 Å². The van der Waals surface area contributed by atoms with Gasteiger partial charge in [0.25, 0.3) is 0 Å². The van der Waals surface area contributed by atoms with E-state index in [9.17, 15) is 0 Å². The first-order valence-corrected chi connectivity index (χ1v) is 9.27. The summed E-state index contributed by atoms with van der Waals surface area (Å²) in [7, 11) is 0. The number of nitrogens with two attached hydrogens (primary N) is 1. The van der Waals surface area contributed by atoms with Crippen molar-refractivity contribution in [2.24, 2.45) is 5.73 Å². The summed E-state index contributed by atoms with van der Waals surface area (Å²) >= 11 is 1.76. The second-order valence-electron chi connectivity index (χ2n) is 6.09. The van der Waals surface area contributed by atoms with Gasteiger partial charge in [0.05, 0.1) is 0 Å². The van der Waals surface area contributed by atoms with Crippen LogP contribution in [0.3, 0.4) is 0 Å². The van der Waals surface area contributed by atoms with Crippen LogP contribution in [0.15, 0.2) is 37.2 Å². The summed E-state index contributed by atoms with van der Waals surface area (Å²) in [5, 5.41) is 1.24. The molecule has 0 spiro atoms. The van der Waals surface area contributed by atoms with E-state index in [2.05, 4.69) is 49.5 Å². The van der Waals surface area contributed by atoms with Crippen molar-refractivity contribution in [1.82, 2.24) is 4.90 Å². The van der Waals surface area contributed by atoms with E-state index in [0.29, 0.717) is 6.54 Å². The lowest BCUT2D eigenvalue weighted by Crippen LogP contribution is -2.39. The molecule has 0 fully saturated rings. The number of fused-ring (bicyclic) bond motifs is 1. The number of hydrogen-bond acceptors (Lipinski definition) is 4. The number of thiophene rings is 1. The fourth-order valence-corrected chi connectivity index (χ4v) is 4.00. The molecule has 1 aliphatic rings. The quantitative estimate of drug-likeness (QED) is 0.686. The molecular formula is C19H29N3S. The topological polar surface area (TPSA) is 32.5 Å². The molecule has 3 nitrogen and oxygen atoms in total. The second-order valence-corrected chi connectivity index (χ2v) is 7.21. The minimum Gasteiger partial charge on any atom is -0.326 e. The van der Waals surface area contributed by atoms with Crippen molar-refractivity contribution in [3.05, 3.63) is 47.6 Å². The van der Waals surface area contributed by atoms with Crippen LogP contribution in [0.1, 0.15) is 50.0 Å². The second kappa shape index (κ2) is 7.84. The molecule has 2 rings (SSSR count). The summed E-state index contributed by atoms with van der Waals surface area (Å²) in [6, 6.07) is 2.18. The van der Waals surface area contributed by atoms with Gasteiger partial charge in [0.1, 0.15) is 10.8 Å². The van der Waals surface area contributed by atoms with Crippen molar-refractivity contribution in [2.45, 2.75) is 46.1 Å². The van der Waals surface area contributed by atoms with Crippen molar-refractivity contribution in [3.63, 3.8) is 0 Å². The monoisotopic (exact) mass is 331 g/mol. The zero-order valence-corrected chi connectivity index (χ0v) is 15.3. The lowest BCUT2D eigenvalue weighted by molar-refractivity contribution is 0.488. The predicted molar refractivity (Wildman–Crippen MR) is 103 cm³/mol. The molecule has 0 radical (unpaired) electrons. The van der Waals surface area contributed by atoms with Gasteiger partial charge in [0.15, 0.2) is 0 Å². The van der Waals surface area contributed by atoms with E-state index in [1.165, 1.54) is 21.0 Å². The molecule has 1 aromatic rings. The summed E-state index contributed by atoms with van der Waals surface area (Å²) < 4.78 is 0. The van der Waals surface area contributed by atoms with Gasteiger partial charge in [-0.15, -0.1) is 11.3 Å². The highest BCUT2D eigenvalue weighted by Gasteiger charge is 2.30. The Morgan fingerprint density at radius 2 is 1.96 bits per heavy atom. The van der Waals surface area contributed by atoms with Gasteiger partial charge < -0.3 is 15.5 Å². The van der Waals surface area contributed by atoms with Gasteiger partial charge in [-0.1, -0.05) is 52.0 Å². The van der Waals surface area contributed by atoms with Gasteiger partial charge in [-0.2, -0.15) is 0 Å². The molecule has 1 aromatic heterocycles. The average Bonchev–Trinajstić information content (AvgIpc) is 2.96. The van der Waals surface area contributed by atoms with Crippen LogP contribution in [0, 0.1) is 0 Å². The SMILES string of the molecule is C=C(CCC)CN1C(=C)c2cc(CN)sc2N(CCCC)C1=C. The Morgan fingerprint density at radius 3 is 2.57 bits per heavy atom. The van der Waals surface area contributed by atoms with E-state index < -0.39 is 0 Å². The van der Waals surface area contributed by atoms with Gasteiger partial charge in [-0.3, -0.25) is 0 Å². The molecule has 0 atom stereocenters. The first-order chi connectivity index (χ1) is 11.0. The Labute approximate surface area is 144 Å². The lowest BCUT2D eigenvalue weighted by Gasteiger charge is -2.41. The van der Waals surface area contributed by atoms with Crippen molar-refractivity contribution in [3.8, 4) is 0 Å². The summed E-state index contributed by atoms with van der Waals surface area (Å²) in [5.74, 6) is 1.01. The van der Waals surface area contributed by atoms with Crippen LogP contribution in [0.5, 0.6) is 0 Å². The number of nitrogens with zero attached hydrogens (tertiary/aromatic N) is 2. The summed E-state index contributed by atoms with van der Waals surface area (Å²) in [6.07, 6.45) is 4.46. The summed E-state index contributed by atoms with van der Waals surface area (Å²) in [5.41, 5.74) is 9.30. The standard InChI is InChI=1S/C19H29N3S/c1-6-8-10-21-16(5)22(13-14(3)9-7-2)15(4)18-11-17(12-20)23-19(18)21/h11H,3-10,12-13,20H2,1-2H3. The highest BCUT2D eigenvalue weighted by molar-refractivity contribution is 7.16. The lowest BCUT2D eigenvalue weighted by atomic mass is 10.1. The Hall–Kier alpha value is -1.52. The zero-order valence-electron chi connectivity index (χ0n) is 14.5. The molecule has 0 amide bonds. The van der Waals surface area contributed by atoms with Crippen molar-refractivity contribution in [1.29, 1.82) is 0 Å². The summed E-state index contributed by atoms with van der Waals surface area (Å²) in [4.78, 5) is 5.74. The molecule has 0 saturated heterocycles. The van der Waals surface area contributed by atoms with Crippen LogP contribution >= 0.6 is 11.3 Å². The van der Waals surface area contributed by atoms with Crippen LogP contribution < -0.4 is 10.6 Å². The first kappa shape index (κ1) is 17.8. The van der Waals surface area contributed by atoms with Crippen molar-refractivity contribution >= 4 is 22.0 Å². The molecule has 0 aliphatic carbocycles. The van der Waals surface area contributed by atoms with Gasteiger partial charge in [0, 0.05) is 35.8 Å². The fourth-order valence-electron chi connectivity index (χ4n) is 2.89. The Balaban J connectivity index is 2.34. The zero-order chi connectivity index (χ0) is 17.0. The maximum Gasteiger partial charge on any atom is 0.106 e. The Kier molecular flexibility index (Phi) is 6.08. The van der Waals surface area contributed by atoms with Crippen LogP contribution in [0.4, 0.5) is 5.00 Å². The summed E-state index contributed by atoms with van der Waals surface area (Å²) in [6.45, 7) is 19.6. The van der Waals surface area contributed by atoms with Crippen LogP contribution in [0.2, 0.25) is 0 Å². The third-order valence-electron chi connectivity index (χ3n) is 4.19. The molecule has 4 heteroatoms. The van der Waals surface area contributed by atoms with E-state index in [1.807, 2.05) is 0 Å². The molecule has 126 valence electrons. The molecular weight excluding hydrogens is 302 g/mol. The van der Waals surface area contributed by atoms with Crippen molar-refractivity contribution in [2.75, 3.05) is 18.0 Å². The van der Waals surface area contributed by atoms with E-state index in [4.69, 9.17) is 5.73 Å². The van der Waals surface area contributed by atoms with Gasteiger partial charge in [-0.05, 0) is 18.9 Å². The number of rotatable bonds is 8. The van der Waals surface area contributed by atoms with E-state index in [-0.39, 0.29) is 0 Å². The molecule has 0 unspecified atom stereocenters. The molecule has 2 heterocycles. The highest BCUT2D eigenvalue weighted by atomic mass is 32.1. The van der Waals surface area contributed by atoms with Gasteiger partial charge in [0.2, 0.25) is 0 Å². The Morgan fingerprint density at radius 1 is 1.22 bits per heavy atom. The first-order valence-electron chi connectivity index (χ1n) is 8.46. The average molecular weight is 332 g/mol. The van der Waals surface area contributed by atoms with E-state index in [1.54, 1.807) is 11.3 Å². The predicted octanol–water partition coefficient (Wildman–Crippen LogP) is 4.93. The molecule has 2 N–H and O–H groups in total. The third-order valence-corrected chi connectivity index (χ3v) is 5.37. The normalized spacial score (nSPS) is 14.4. The fraction of sp³-hybridized carbons (Fsp3) is 0.474. The molecule has 0 bridgehead atoms. The van der Waals surface area contributed by atoms with Gasteiger partial charge in [-0.25, -0.2) is 0 Å². The molecule has 23 heavy (non-hydrogen) atoms. The largest absolute Gasteiger partial charge is 0.326 e. The maximum absolute atomic E-state index is 5.85. The molecule has 0 saturated carbocycles. The van der Waals surface area contributed by atoms with Crippen LogP contribution in [0.25, 0.3) is 5.70 Å². The molecule has 1 aliphatic heterocycles. The number of anilines is 1. The van der Waals surface area contributed by atoms with Crippen molar-refractivity contribution < 1.29 is 0 Å². The van der Waals surface area contributed by atoms with Crippen LogP contribution in [-0.2, 0) is 6.54 Å². The number of unbranched alkanes of at least 4 members (excludes halogenated alkanes) is 1. The molecule has 0 aromatic carbocycles.